The standard InChI is InChI=1S/C13H19N/c1-11-10-13(8-9-14(11)2)12-6-4-3-5-7-12/h3-7,11,13H,8-10H2,1-2H3. The van der Waals surface area contributed by atoms with Gasteiger partial charge in [-0.1, -0.05) is 30.3 Å². The zero-order valence-electron chi connectivity index (χ0n) is 9.11. The summed E-state index contributed by atoms with van der Waals surface area (Å²) in [4.78, 5) is 2.46. The molecular formula is C13H19N. The molecule has 0 spiro atoms. The minimum Gasteiger partial charge on any atom is -0.304 e. The Morgan fingerprint density at radius 2 is 1.93 bits per heavy atom. The molecule has 1 aromatic rings. The fourth-order valence-corrected chi connectivity index (χ4v) is 2.32. The van der Waals surface area contributed by atoms with Crippen molar-refractivity contribution in [2.24, 2.45) is 0 Å². The Hall–Kier alpha value is -0.820. The second-order valence-electron chi connectivity index (χ2n) is 4.46. The van der Waals surface area contributed by atoms with Crippen molar-refractivity contribution in [3.8, 4) is 0 Å². The summed E-state index contributed by atoms with van der Waals surface area (Å²) in [6.45, 7) is 3.57. The van der Waals surface area contributed by atoms with Crippen LogP contribution in [0.4, 0.5) is 0 Å². The summed E-state index contributed by atoms with van der Waals surface area (Å²) in [6, 6.07) is 11.7. The van der Waals surface area contributed by atoms with Gasteiger partial charge in [0.15, 0.2) is 0 Å². The molecule has 1 aromatic carbocycles. The van der Waals surface area contributed by atoms with Gasteiger partial charge in [-0.05, 0) is 44.8 Å². The van der Waals surface area contributed by atoms with Crippen LogP contribution in [0.2, 0.25) is 0 Å². The molecule has 1 fully saturated rings. The Morgan fingerprint density at radius 3 is 2.57 bits per heavy atom. The molecule has 0 aromatic heterocycles. The number of piperidine rings is 1. The maximum Gasteiger partial charge on any atom is 0.00697 e. The number of rotatable bonds is 1. The highest BCUT2D eigenvalue weighted by Gasteiger charge is 2.23. The van der Waals surface area contributed by atoms with Crippen molar-refractivity contribution in [3.05, 3.63) is 35.9 Å². The highest BCUT2D eigenvalue weighted by molar-refractivity contribution is 5.20. The van der Waals surface area contributed by atoms with Crippen LogP contribution in [-0.2, 0) is 0 Å². The molecular weight excluding hydrogens is 170 g/mol. The quantitative estimate of drug-likeness (QED) is 0.656. The summed E-state index contributed by atoms with van der Waals surface area (Å²) in [5.74, 6) is 0.780. The van der Waals surface area contributed by atoms with Gasteiger partial charge in [0.1, 0.15) is 0 Å². The van der Waals surface area contributed by atoms with Crippen molar-refractivity contribution >= 4 is 0 Å². The van der Waals surface area contributed by atoms with Crippen LogP contribution < -0.4 is 0 Å². The summed E-state index contributed by atoms with van der Waals surface area (Å²) >= 11 is 0. The maximum atomic E-state index is 2.46. The van der Waals surface area contributed by atoms with Crippen LogP contribution >= 0.6 is 0 Å². The predicted octanol–water partition coefficient (Wildman–Crippen LogP) is 2.88. The minimum atomic E-state index is 0.731. The fourth-order valence-electron chi connectivity index (χ4n) is 2.32. The maximum absolute atomic E-state index is 2.46. The van der Waals surface area contributed by atoms with E-state index in [9.17, 15) is 0 Å². The van der Waals surface area contributed by atoms with E-state index < -0.39 is 0 Å². The molecule has 1 heterocycles. The molecule has 14 heavy (non-hydrogen) atoms. The monoisotopic (exact) mass is 189 g/mol. The molecule has 2 atom stereocenters. The van der Waals surface area contributed by atoms with Crippen LogP contribution in [0.3, 0.4) is 0 Å². The lowest BCUT2D eigenvalue weighted by Gasteiger charge is -2.35. The van der Waals surface area contributed by atoms with E-state index in [1.165, 1.54) is 24.9 Å². The molecule has 1 saturated heterocycles. The zero-order chi connectivity index (χ0) is 9.97. The molecule has 1 aliphatic rings. The Bertz CT molecular complexity index is 281. The number of likely N-dealkylation sites (tertiary alicyclic amines) is 1. The smallest absolute Gasteiger partial charge is 0.00697 e. The van der Waals surface area contributed by atoms with Crippen molar-refractivity contribution in [2.45, 2.75) is 31.7 Å². The lowest BCUT2D eigenvalue weighted by molar-refractivity contribution is 0.183. The van der Waals surface area contributed by atoms with E-state index in [0.29, 0.717) is 0 Å². The molecule has 2 unspecified atom stereocenters. The van der Waals surface area contributed by atoms with Gasteiger partial charge in [0, 0.05) is 6.04 Å². The minimum absolute atomic E-state index is 0.731. The van der Waals surface area contributed by atoms with Gasteiger partial charge in [0.2, 0.25) is 0 Å². The van der Waals surface area contributed by atoms with E-state index in [4.69, 9.17) is 0 Å². The summed E-state index contributed by atoms with van der Waals surface area (Å²) < 4.78 is 0. The number of nitrogens with zero attached hydrogens (tertiary/aromatic N) is 1. The van der Waals surface area contributed by atoms with Crippen LogP contribution in [0.1, 0.15) is 31.2 Å². The van der Waals surface area contributed by atoms with Crippen LogP contribution in [0.15, 0.2) is 30.3 Å². The van der Waals surface area contributed by atoms with Crippen LogP contribution in [0, 0.1) is 0 Å². The van der Waals surface area contributed by atoms with Gasteiger partial charge in [0.25, 0.3) is 0 Å². The topological polar surface area (TPSA) is 3.24 Å². The van der Waals surface area contributed by atoms with Gasteiger partial charge in [-0.25, -0.2) is 0 Å². The predicted molar refractivity (Wildman–Crippen MR) is 60.5 cm³/mol. The van der Waals surface area contributed by atoms with E-state index in [0.717, 1.165) is 12.0 Å². The van der Waals surface area contributed by atoms with Gasteiger partial charge in [-0.2, -0.15) is 0 Å². The van der Waals surface area contributed by atoms with E-state index in [-0.39, 0.29) is 0 Å². The van der Waals surface area contributed by atoms with Gasteiger partial charge >= 0.3 is 0 Å². The molecule has 0 radical (unpaired) electrons. The van der Waals surface area contributed by atoms with Gasteiger partial charge in [0.05, 0.1) is 0 Å². The Morgan fingerprint density at radius 1 is 1.21 bits per heavy atom. The molecule has 1 aliphatic heterocycles. The lowest BCUT2D eigenvalue weighted by Crippen LogP contribution is -2.36. The highest BCUT2D eigenvalue weighted by atomic mass is 15.1. The van der Waals surface area contributed by atoms with Crippen molar-refractivity contribution in [1.82, 2.24) is 4.90 Å². The first kappa shape index (κ1) is 9.72. The number of benzene rings is 1. The van der Waals surface area contributed by atoms with Gasteiger partial charge in [-0.3, -0.25) is 0 Å². The van der Waals surface area contributed by atoms with Crippen LogP contribution in [-0.4, -0.2) is 24.5 Å². The van der Waals surface area contributed by atoms with Crippen molar-refractivity contribution in [1.29, 1.82) is 0 Å². The Kier molecular flexibility index (Phi) is 2.87. The first-order chi connectivity index (χ1) is 6.77. The molecule has 0 saturated carbocycles. The van der Waals surface area contributed by atoms with Gasteiger partial charge < -0.3 is 4.90 Å². The van der Waals surface area contributed by atoms with Crippen molar-refractivity contribution in [2.75, 3.05) is 13.6 Å². The third kappa shape index (κ3) is 1.98. The molecule has 0 aliphatic carbocycles. The highest BCUT2D eigenvalue weighted by Crippen LogP contribution is 2.30. The summed E-state index contributed by atoms with van der Waals surface area (Å²) in [6.07, 6.45) is 2.62. The third-order valence-corrected chi connectivity index (χ3v) is 3.48. The summed E-state index contributed by atoms with van der Waals surface area (Å²) in [5, 5.41) is 0. The molecule has 0 amide bonds. The molecule has 76 valence electrons. The van der Waals surface area contributed by atoms with Crippen molar-refractivity contribution < 1.29 is 0 Å². The molecule has 2 rings (SSSR count). The number of hydrogen-bond acceptors (Lipinski definition) is 1. The average Bonchev–Trinajstić information content (AvgIpc) is 2.23. The Labute approximate surface area is 86.7 Å². The lowest BCUT2D eigenvalue weighted by atomic mass is 9.86. The number of hydrogen-bond donors (Lipinski definition) is 0. The van der Waals surface area contributed by atoms with E-state index >= 15 is 0 Å². The molecule has 0 bridgehead atoms. The summed E-state index contributed by atoms with van der Waals surface area (Å²) in [5.41, 5.74) is 1.52. The average molecular weight is 189 g/mol. The third-order valence-electron chi connectivity index (χ3n) is 3.48. The normalized spacial score (nSPS) is 29.0. The first-order valence-electron chi connectivity index (χ1n) is 5.52. The summed E-state index contributed by atoms with van der Waals surface area (Å²) in [7, 11) is 2.23. The SMILES string of the molecule is CC1CC(c2ccccc2)CCN1C. The zero-order valence-corrected chi connectivity index (χ0v) is 9.11. The van der Waals surface area contributed by atoms with Crippen LogP contribution in [0.25, 0.3) is 0 Å². The second-order valence-corrected chi connectivity index (χ2v) is 4.46. The van der Waals surface area contributed by atoms with E-state index in [2.05, 4.69) is 49.2 Å². The first-order valence-corrected chi connectivity index (χ1v) is 5.52. The van der Waals surface area contributed by atoms with Crippen molar-refractivity contribution in [3.63, 3.8) is 0 Å². The van der Waals surface area contributed by atoms with E-state index in [1.807, 2.05) is 0 Å². The second kappa shape index (κ2) is 4.14. The van der Waals surface area contributed by atoms with Gasteiger partial charge in [-0.15, -0.1) is 0 Å². The molecule has 1 nitrogen and oxygen atoms in total. The van der Waals surface area contributed by atoms with E-state index in [1.54, 1.807) is 0 Å². The largest absolute Gasteiger partial charge is 0.304 e. The fraction of sp³-hybridized carbons (Fsp3) is 0.538. The Balaban J connectivity index is 2.07. The van der Waals surface area contributed by atoms with Crippen LogP contribution in [0.5, 0.6) is 0 Å². The molecule has 0 N–H and O–H groups in total. The molecule has 1 heteroatoms.